The number of rotatable bonds is 5. The molecule has 0 saturated carbocycles. The summed E-state index contributed by atoms with van der Waals surface area (Å²) in [4.78, 5) is 35.2. The number of nitro benzene ring substituents is 1. The molecule has 1 aliphatic carbocycles. The first-order valence-corrected chi connectivity index (χ1v) is 7.75. The number of allylic oxidation sites excluding steroid dienone is 2. The van der Waals surface area contributed by atoms with Gasteiger partial charge in [-0.25, -0.2) is 0 Å². The van der Waals surface area contributed by atoms with Gasteiger partial charge in [0.1, 0.15) is 18.1 Å². The number of hydrogen-bond acceptors (Lipinski definition) is 6. The van der Waals surface area contributed by atoms with E-state index in [1.807, 2.05) is 0 Å². The Kier molecular flexibility index (Phi) is 4.33. The molecule has 3 rings (SSSR count). The third kappa shape index (κ3) is 2.75. The highest BCUT2D eigenvalue weighted by molar-refractivity contribution is 6.24. The normalized spacial score (nSPS) is 13.3. The predicted molar refractivity (Wildman–Crippen MR) is 91.3 cm³/mol. The Morgan fingerprint density at radius 1 is 1.19 bits per heavy atom. The van der Waals surface area contributed by atoms with Gasteiger partial charge in [-0.05, 0) is 19.1 Å². The van der Waals surface area contributed by atoms with Crippen molar-refractivity contribution >= 4 is 17.3 Å². The third-order valence-corrected chi connectivity index (χ3v) is 4.41. The summed E-state index contributed by atoms with van der Waals surface area (Å²) in [6.45, 7) is 1.84. The fourth-order valence-electron chi connectivity index (χ4n) is 2.92. The van der Waals surface area contributed by atoms with Crippen molar-refractivity contribution in [1.82, 2.24) is 4.57 Å². The minimum atomic E-state index is -0.496. The van der Waals surface area contributed by atoms with Crippen LogP contribution in [0.3, 0.4) is 0 Å². The summed E-state index contributed by atoms with van der Waals surface area (Å²) in [5.74, 6) is -0.258. The number of hydrogen-bond donors (Lipinski definition) is 0. The van der Waals surface area contributed by atoms with Crippen LogP contribution in [0, 0.1) is 17.0 Å². The maximum Gasteiger partial charge on any atom is 0.269 e. The summed E-state index contributed by atoms with van der Waals surface area (Å²) in [7, 11) is 3.05. The van der Waals surface area contributed by atoms with Crippen LogP contribution >= 0.6 is 0 Å². The first-order chi connectivity index (χ1) is 12.3. The molecule has 8 nitrogen and oxygen atoms in total. The van der Waals surface area contributed by atoms with Crippen LogP contribution in [-0.4, -0.2) is 28.2 Å². The first kappa shape index (κ1) is 17.4. The lowest BCUT2D eigenvalue weighted by Gasteiger charge is -2.13. The van der Waals surface area contributed by atoms with Gasteiger partial charge in [0.25, 0.3) is 5.69 Å². The van der Waals surface area contributed by atoms with Gasteiger partial charge in [-0.1, -0.05) is 0 Å². The molecule has 0 unspecified atom stereocenters. The number of aromatic nitrogens is 1. The minimum absolute atomic E-state index is 0.00955. The SMILES string of the molecule is COC1=CC(=O)c2c(c(COc3ccc([N+](=O)[O-])cc3)c(C)n2C)C1=O. The summed E-state index contributed by atoms with van der Waals surface area (Å²) in [5, 5.41) is 10.7. The molecule has 0 N–H and O–H groups in total. The Balaban J connectivity index is 1.93. The lowest BCUT2D eigenvalue weighted by atomic mass is 9.96. The quantitative estimate of drug-likeness (QED) is 0.603. The van der Waals surface area contributed by atoms with Crippen LogP contribution in [0.5, 0.6) is 5.75 Å². The van der Waals surface area contributed by atoms with E-state index in [1.54, 1.807) is 18.5 Å². The highest BCUT2D eigenvalue weighted by Crippen LogP contribution is 2.30. The van der Waals surface area contributed by atoms with E-state index in [1.165, 1.54) is 37.5 Å². The lowest BCUT2D eigenvalue weighted by molar-refractivity contribution is -0.384. The molecule has 1 aromatic carbocycles. The summed E-state index contributed by atoms with van der Waals surface area (Å²) in [6, 6.07) is 5.64. The molecule has 0 fully saturated rings. The number of ketones is 2. The van der Waals surface area contributed by atoms with Gasteiger partial charge < -0.3 is 14.0 Å². The predicted octanol–water partition coefficient (Wildman–Crippen LogP) is 2.73. The number of benzene rings is 1. The fraction of sp³-hybridized carbons (Fsp3) is 0.222. The zero-order valence-corrected chi connectivity index (χ0v) is 14.4. The van der Waals surface area contributed by atoms with Crippen LogP contribution < -0.4 is 4.74 Å². The average Bonchev–Trinajstić information content (AvgIpc) is 2.88. The molecule has 134 valence electrons. The highest BCUT2D eigenvalue weighted by atomic mass is 16.6. The largest absolute Gasteiger partial charge is 0.492 e. The first-order valence-electron chi connectivity index (χ1n) is 7.75. The number of Topliss-reactive ketones (excluding diaryl/α,β-unsaturated/α-hetero) is 1. The van der Waals surface area contributed by atoms with Crippen molar-refractivity contribution < 1.29 is 24.0 Å². The van der Waals surface area contributed by atoms with Gasteiger partial charge >= 0.3 is 0 Å². The van der Waals surface area contributed by atoms with Gasteiger partial charge in [0.2, 0.25) is 11.6 Å². The topological polar surface area (TPSA) is 101 Å². The van der Waals surface area contributed by atoms with E-state index in [-0.39, 0.29) is 35.2 Å². The van der Waals surface area contributed by atoms with Gasteiger partial charge in [0.15, 0.2) is 5.76 Å². The zero-order chi connectivity index (χ0) is 19.0. The van der Waals surface area contributed by atoms with Crippen molar-refractivity contribution in [2.24, 2.45) is 7.05 Å². The van der Waals surface area contributed by atoms with Crippen LogP contribution in [0.2, 0.25) is 0 Å². The van der Waals surface area contributed by atoms with Gasteiger partial charge in [0, 0.05) is 36.5 Å². The number of ether oxygens (including phenoxy) is 2. The number of carbonyl (C=O) groups is 2. The molecular formula is C18H16N2O6. The molecule has 0 amide bonds. The average molecular weight is 356 g/mol. The molecule has 0 spiro atoms. The standard InChI is InChI=1S/C18H16N2O6/c1-10-13(9-26-12-6-4-11(5-7-12)20(23)24)16-17(19(10)2)14(21)8-15(25-3)18(16)22/h4-8H,9H2,1-3H3. The maximum atomic E-state index is 12.6. The second kappa shape index (κ2) is 6.47. The molecule has 8 heteroatoms. The summed E-state index contributed by atoms with van der Waals surface area (Å²) < 4.78 is 12.3. The number of nitrogens with zero attached hydrogens (tertiary/aromatic N) is 2. The van der Waals surface area contributed by atoms with E-state index >= 15 is 0 Å². The summed E-state index contributed by atoms with van der Waals surface area (Å²) in [6.07, 6.45) is 1.19. The smallest absolute Gasteiger partial charge is 0.269 e. The van der Waals surface area contributed by atoms with Gasteiger partial charge in [0.05, 0.1) is 17.6 Å². The fourth-order valence-corrected chi connectivity index (χ4v) is 2.92. The molecule has 26 heavy (non-hydrogen) atoms. The van der Waals surface area contributed by atoms with Crippen molar-refractivity contribution in [3.05, 3.63) is 68.7 Å². The molecule has 1 heterocycles. The molecule has 0 atom stereocenters. The number of methoxy groups -OCH3 is 1. The molecule has 0 radical (unpaired) electrons. The van der Waals surface area contributed by atoms with E-state index in [0.717, 1.165) is 5.69 Å². The lowest BCUT2D eigenvalue weighted by Crippen LogP contribution is -2.20. The summed E-state index contributed by atoms with van der Waals surface area (Å²) >= 11 is 0. The van der Waals surface area contributed by atoms with Crippen molar-refractivity contribution in [2.75, 3.05) is 7.11 Å². The Bertz CT molecular complexity index is 953. The molecule has 2 aromatic rings. The van der Waals surface area contributed by atoms with E-state index in [4.69, 9.17) is 9.47 Å². The molecule has 1 aromatic heterocycles. The number of carbonyl (C=O) groups excluding carboxylic acids is 2. The highest BCUT2D eigenvalue weighted by Gasteiger charge is 2.34. The number of fused-ring (bicyclic) bond motifs is 1. The Labute approximate surface area is 148 Å². The van der Waals surface area contributed by atoms with Crippen molar-refractivity contribution in [1.29, 1.82) is 0 Å². The van der Waals surface area contributed by atoms with E-state index < -0.39 is 4.92 Å². The number of non-ortho nitro benzene ring substituents is 1. The van der Waals surface area contributed by atoms with Crippen molar-refractivity contribution in [3.8, 4) is 5.75 Å². The third-order valence-electron chi connectivity index (χ3n) is 4.41. The molecular weight excluding hydrogens is 340 g/mol. The van der Waals surface area contributed by atoms with Crippen LogP contribution in [-0.2, 0) is 18.4 Å². The second-order valence-corrected chi connectivity index (χ2v) is 5.79. The Morgan fingerprint density at radius 2 is 1.85 bits per heavy atom. The molecule has 0 saturated heterocycles. The molecule has 0 aliphatic heterocycles. The Morgan fingerprint density at radius 3 is 2.42 bits per heavy atom. The van der Waals surface area contributed by atoms with Gasteiger partial charge in [-0.15, -0.1) is 0 Å². The minimum Gasteiger partial charge on any atom is -0.492 e. The van der Waals surface area contributed by atoms with Crippen LogP contribution in [0.4, 0.5) is 5.69 Å². The van der Waals surface area contributed by atoms with Gasteiger partial charge in [-0.3, -0.25) is 19.7 Å². The monoisotopic (exact) mass is 356 g/mol. The Hall–Kier alpha value is -3.42. The zero-order valence-electron chi connectivity index (χ0n) is 14.4. The maximum absolute atomic E-state index is 12.6. The van der Waals surface area contributed by atoms with E-state index in [9.17, 15) is 19.7 Å². The van der Waals surface area contributed by atoms with Crippen molar-refractivity contribution in [2.45, 2.75) is 13.5 Å². The van der Waals surface area contributed by atoms with Gasteiger partial charge in [-0.2, -0.15) is 0 Å². The van der Waals surface area contributed by atoms with Crippen LogP contribution in [0.25, 0.3) is 0 Å². The molecule has 0 bridgehead atoms. The van der Waals surface area contributed by atoms with Crippen LogP contribution in [0.1, 0.15) is 32.1 Å². The second-order valence-electron chi connectivity index (χ2n) is 5.79. The van der Waals surface area contributed by atoms with Crippen LogP contribution in [0.15, 0.2) is 36.1 Å². The number of nitro groups is 1. The summed E-state index contributed by atoms with van der Waals surface area (Å²) in [5.41, 5.74) is 1.85. The van der Waals surface area contributed by atoms with E-state index in [2.05, 4.69) is 0 Å². The van der Waals surface area contributed by atoms with Crippen molar-refractivity contribution in [3.63, 3.8) is 0 Å². The van der Waals surface area contributed by atoms with E-state index in [0.29, 0.717) is 17.0 Å². The molecule has 1 aliphatic rings.